The molecular weight excluding hydrogens is 558 g/mol. The van der Waals surface area contributed by atoms with Crippen LogP contribution in [0.15, 0.2) is 104 Å². The van der Waals surface area contributed by atoms with E-state index in [9.17, 15) is 19.5 Å². The molecule has 2 atom stereocenters. The molecule has 2 aliphatic rings. The molecule has 228 valence electrons. The van der Waals surface area contributed by atoms with Gasteiger partial charge in [0.15, 0.2) is 0 Å². The Hall–Kier alpha value is -5.09. The molecule has 0 aromatic heterocycles. The van der Waals surface area contributed by atoms with Crippen molar-refractivity contribution in [2.24, 2.45) is 0 Å². The number of nitrogens with one attached hydrogen (secondary N) is 1. The Kier molecular flexibility index (Phi) is 9.61. The number of carbonyl (C=O) groups is 3. The van der Waals surface area contributed by atoms with Crippen LogP contribution in [0.2, 0.25) is 0 Å². The number of para-hydroxylation sites is 1. The zero-order chi connectivity index (χ0) is 31.1. The highest BCUT2D eigenvalue weighted by molar-refractivity contribution is 5.91. The van der Waals surface area contributed by atoms with Gasteiger partial charge >= 0.3 is 6.03 Å². The number of phenols is 1. The first-order chi connectivity index (χ1) is 21.4. The molecule has 10 nitrogen and oxygen atoms in total. The minimum absolute atomic E-state index is 0.0845. The Balaban J connectivity index is 1.50. The van der Waals surface area contributed by atoms with E-state index in [0.29, 0.717) is 18.9 Å². The van der Waals surface area contributed by atoms with E-state index in [-0.39, 0.29) is 56.2 Å². The van der Waals surface area contributed by atoms with Crippen LogP contribution >= 0.6 is 0 Å². The summed E-state index contributed by atoms with van der Waals surface area (Å²) in [6.07, 6.45) is 2.75. The number of hydrogen-bond acceptors (Lipinski definition) is 6. The molecule has 0 spiro atoms. The van der Waals surface area contributed by atoms with Crippen LogP contribution in [-0.4, -0.2) is 81.2 Å². The number of hydrazine groups is 1. The van der Waals surface area contributed by atoms with Crippen molar-refractivity contribution in [3.8, 4) is 11.5 Å². The third-order valence-electron chi connectivity index (χ3n) is 7.72. The summed E-state index contributed by atoms with van der Waals surface area (Å²) in [5.41, 5.74) is 2.51. The van der Waals surface area contributed by atoms with Crippen LogP contribution in [0.5, 0.6) is 11.5 Å². The van der Waals surface area contributed by atoms with Gasteiger partial charge in [0.25, 0.3) is 0 Å². The number of benzene rings is 3. The number of aromatic hydroxyl groups is 1. The predicted octanol–water partition coefficient (Wildman–Crippen LogP) is 3.69. The highest BCUT2D eigenvalue weighted by atomic mass is 16.5. The minimum Gasteiger partial charge on any atom is -0.508 e. The molecule has 3 aromatic rings. The van der Waals surface area contributed by atoms with E-state index in [1.807, 2.05) is 54.6 Å². The van der Waals surface area contributed by atoms with Crippen molar-refractivity contribution in [3.63, 3.8) is 0 Å². The number of fused-ring (bicyclic) bond motifs is 1. The summed E-state index contributed by atoms with van der Waals surface area (Å²) >= 11 is 0. The lowest BCUT2D eigenvalue weighted by molar-refractivity contribution is -0.189. The summed E-state index contributed by atoms with van der Waals surface area (Å²) in [5.74, 6) is 0.247. The Morgan fingerprint density at radius 2 is 1.68 bits per heavy atom. The van der Waals surface area contributed by atoms with E-state index < -0.39 is 12.2 Å². The number of hydrogen-bond donors (Lipinski definition) is 2. The molecule has 0 aliphatic carbocycles. The SMILES string of the molecule is C=CCOc1ccccc1CN1C[C@H]2N(C(=O)CN(CC=C)N2C(=O)NCc2ccccc2)[C@@H](Cc2ccc(O)cc2)C1=O. The third-order valence-corrected chi connectivity index (χ3v) is 7.72. The first kappa shape index (κ1) is 30.4. The van der Waals surface area contributed by atoms with Gasteiger partial charge in [0.1, 0.15) is 30.3 Å². The van der Waals surface area contributed by atoms with Crippen LogP contribution in [0.1, 0.15) is 16.7 Å². The molecule has 44 heavy (non-hydrogen) atoms. The summed E-state index contributed by atoms with van der Waals surface area (Å²) in [6, 6.07) is 22.4. The smallest absolute Gasteiger partial charge is 0.334 e. The van der Waals surface area contributed by atoms with E-state index in [1.54, 1.807) is 56.2 Å². The lowest BCUT2D eigenvalue weighted by Gasteiger charge is -2.55. The molecule has 2 heterocycles. The average Bonchev–Trinajstić information content (AvgIpc) is 3.03. The zero-order valence-electron chi connectivity index (χ0n) is 24.5. The first-order valence-electron chi connectivity index (χ1n) is 14.6. The van der Waals surface area contributed by atoms with Crippen molar-refractivity contribution in [1.29, 1.82) is 0 Å². The molecule has 3 aromatic carbocycles. The molecule has 0 saturated carbocycles. The van der Waals surface area contributed by atoms with Gasteiger partial charge in [-0.05, 0) is 29.3 Å². The normalized spacial score (nSPS) is 18.5. The van der Waals surface area contributed by atoms with Crippen molar-refractivity contribution in [1.82, 2.24) is 25.1 Å². The first-order valence-corrected chi connectivity index (χ1v) is 14.6. The van der Waals surface area contributed by atoms with Crippen LogP contribution in [0, 0.1) is 0 Å². The second kappa shape index (κ2) is 13.9. The average molecular weight is 596 g/mol. The van der Waals surface area contributed by atoms with Gasteiger partial charge in [0.2, 0.25) is 11.8 Å². The van der Waals surface area contributed by atoms with E-state index in [0.717, 1.165) is 16.7 Å². The number of rotatable bonds is 11. The van der Waals surface area contributed by atoms with Gasteiger partial charge in [-0.15, -0.1) is 6.58 Å². The molecule has 4 amide bonds. The Morgan fingerprint density at radius 3 is 2.41 bits per heavy atom. The quantitative estimate of drug-likeness (QED) is 0.328. The summed E-state index contributed by atoms with van der Waals surface area (Å²) in [4.78, 5) is 45.1. The maximum Gasteiger partial charge on any atom is 0.334 e. The second-order valence-electron chi connectivity index (χ2n) is 10.7. The van der Waals surface area contributed by atoms with E-state index >= 15 is 0 Å². The van der Waals surface area contributed by atoms with Gasteiger partial charge < -0.3 is 25.0 Å². The molecular formula is C34H37N5O5. The number of piperazine rings is 1. The summed E-state index contributed by atoms with van der Waals surface area (Å²) in [5, 5.41) is 16.0. The van der Waals surface area contributed by atoms with E-state index in [4.69, 9.17) is 4.74 Å². The van der Waals surface area contributed by atoms with Crippen molar-refractivity contribution >= 4 is 17.8 Å². The molecule has 0 bridgehead atoms. The maximum absolute atomic E-state index is 14.2. The summed E-state index contributed by atoms with van der Waals surface area (Å²) in [6.45, 7) is 8.67. The van der Waals surface area contributed by atoms with Crippen molar-refractivity contribution in [2.75, 3.05) is 26.2 Å². The van der Waals surface area contributed by atoms with Crippen LogP contribution < -0.4 is 10.1 Å². The molecule has 0 unspecified atom stereocenters. The minimum atomic E-state index is -0.873. The van der Waals surface area contributed by atoms with Gasteiger partial charge in [0.05, 0.1) is 13.1 Å². The molecule has 2 aliphatic heterocycles. The Labute approximate surface area is 257 Å². The number of carbonyl (C=O) groups excluding carboxylic acids is 3. The van der Waals surface area contributed by atoms with Crippen LogP contribution in [0.4, 0.5) is 4.79 Å². The number of urea groups is 1. The standard InChI is InChI=1S/C34H37N5O5/c1-3-18-37-24-32(41)38-29(20-25-14-16-28(40)17-15-25)33(42)36(22-27-12-8-9-13-30(27)44-19-4-2)23-31(38)39(37)34(43)35-21-26-10-6-5-7-11-26/h3-17,29,31,40H,1-2,18-24H2,(H,35,43)/t29-,31-/m0/s1. The highest BCUT2D eigenvalue weighted by Crippen LogP contribution is 2.31. The lowest BCUT2D eigenvalue weighted by atomic mass is 9.98. The zero-order valence-corrected chi connectivity index (χ0v) is 24.5. The van der Waals surface area contributed by atoms with E-state index in [1.165, 1.54) is 0 Å². The molecule has 2 saturated heterocycles. The molecule has 0 radical (unpaired) electrons. The molecule has 2 fully saturated rings. The Bertz CT molecular complexity index is 1500. The van der Waals surface area contributed by atoms with Gasteiger partial charge in [-0.1, -0.05) is 79.4 Å². The van der Waals surface area contributed by atoms with Crippen molar-refractivity contribution < 1.29 is 24.2 Å². The van der Waals surface area contributed by atoms with Crippen LogP contribution in [0.25, 0.3) is 0 Å². The Morgan fingerprint density at radius 1 is 0.955 bits per heavy atom. The number of amides is 4. The van der Waals surface area contributed by atoms with Gasteiger partial charge in [-0.2, -0.15) is 0 Å². The molecule has 10 heteroatoms. The predicted molar refractivity (Wildman–Crippen MR) is 166 cm³/mol. The van der Waals surface area contributed by atoms with Crippen molar-refractivity contribution in [2.45, 2.75) is 31.7 Å². The molecule has 2 N–H and O–H groups in total. The third kappa shape index (κ3) is 6.76. The second-order valence-corrected chi connectivity index (χ2v) is 10.7. The summed E-state index contributed by atoms with van der Waals surface area (Å²) in [7, 11) is 0. The van der Waals surface area contributed by atoms with Crippen LogP contribution in [-0.2, 0) is 29.1 Å². The summed E-state index contributed by atoms with van der Waals surface area (Å²) < 4.78 is 5.86. The lowest BCUT2D eigenvalue weighted by Crippen LogP contribution is -2.76. The van der Waals surface area contributed by atoms with Crippen LogP contribution in [0.3, 0.4) is 0 Å². The van der Waals surface area contributed by atoms with E-state index in [2.05, 4.69) is 18.5 Å². The van der Waals surface area contributed by atoms with Crippen molar-refractivity contribution in [3.05, 3.63) is 121 Å². The topological polar surface area (TPSA) is 106 Å². The fraction of sp³-hybridized carbons (Fsp3) is 0.265. The van der Waals surface area contributed by atoms with Gasteiger partial charge in [0, 0.05) is 31.6 Å². The number of nitrogens with zero attached hydrogens (tertiary/aromatic N) is 4. The van der Waals surface area contributed by atoms with Gasteiger partial charge in [-0.3, -0.25) is 9.59 Å². The monoisotopic (exact) mass is 595 g/mol. The number of ether oxygens (including phenoxy) is 1. The largest absolute Gasteiger partial charge is 0.508 e. The highest BCUT2D eigenvalue weighted by Gasteiger charge is 2.51. The fourth-order valence-corrected chi connectivity index (χ4v) is 5.68. The number of phenolic OH excluding ortho intramolecular Hbond substituents is 1. The fourth-order valence-electron chi connectivity index (χ4n) is 5.68. The molecule has 5 rings (SSSR count). The maximum atomic E-state index is 14.2. The van der Waals surface area contributed by atoms with Gasteiger partial charge in [-0.25, -0.2) is 14.8 Å².